The van der Waals surface area contributed by atoms with Gasteiger partial charge in [-0.1, -0.05) is 30.3 Å². The minimum atomic E-state index is -0.547. The van der Waals surface area contributed by atoms with E-state index in [0.717, 1.165) is 11.1 Å². The molecule has 0 aliphatic heterocycles. The minimum Gasteiger partial charge on any atom is -0.366 e. The molecule has 1 amide bonds. The summed E-state index contributed by atoms with van der Waals surface area (Å²) < 4.78 is 13.1. The molecule has 0 bridgehead atoms. The van der Waals surface area contributed by atoms with Crippen LogP contribution < -0.4 is 11.1 Å². The minimum absolute atomic E-state index is 0.0779. The number of nitrogens with zero attached hydrogens (tertiary/aromatic N) is 2. The third-order valence-corrected chi connectivity index (χ3v) is 4.91. The van der Waals surface area contributed by atoms with Crippen LogP contribution in [0, 0.1) is 5.82 Å². The van der Waals surface area contributed by atoms with Gasteiger partial charge in [-0.2, -0.15) is 0 Å². The quantitative estimate of drug-likeness (QED) is 0.447. The zero-order valence-corrected chi connectivity index (χ0v) is 16.5. The molecule has 4 rings (SSSR count). The Bertz CT molecular complexity index is 1270. The normalized spacial score (nSPS) is 10.7. The van der Waals surface area contributed by atoms with Gasteiger partial charge in [-0.15, -0.1) is 0 Å². The average Bonchev–Trinajstić information content (AvgIpc) is 2.77. The Labute approximate surface area is 178 Å². The van der Waals surface area contributed by atoms with Crippen LogP contribution in [0.25, 0.3) is 10.9 Å². The first-order valence-electron chi connectivity index (χ1n) is 9.65. The summed E-state index contributed by atoms with van der Waals surface area (Å²) >= 11 is 0. The van der Waals surface area contributed by atoms with E-state index in [4.69, 9.17) is 5.73 Å². The van der Waals surface area contributed by atoms with Gasteiger partial charge >= 0.3 is 0 Å². The molecule has 0 fully saturated rings. The fraction of sp³-hybridized carbons (Fsp3) is 0.0833. The molecular weight excluding hydrogens is 395 g/mol. The monoisotopic (exact) mass is 414 g/mol. The van der Waals surface area contributed by atoms with E-state index in [1.165, 1.54) is 30.6 Å². The van der Waals surface area contributed by atoms with Crippen LogP contribution in [0.4, 0.5) is 10.2 Å². The van der Waals surface area contributed by atoms with Crippen LogP contribution in [-0.4, -0.2) is 21.7 Å². The molecule has 0 saturated carbocycles. The van der Waals surface area contributed by atoms with Crippen LogP contribution in [0.1, 0.15) is 31.8 Å². The van der Waals surface area contributed by atoms with Crippen molar-refractivity contribution in [3.63, 3.8) is 0 Å². The summed E-state index contributed by atoms with van der Waals surface area (Å²) in [4.78, 5) is 32.6. The fourth-order valence-electron chi connectivity index (χ4n) is 3.39. The van der Waals surface area contributed by atoms with E-state index in [9.17, 15) is 14.0 Å². The number of hydrogen-bond acceptors (Lipinski definition) is 5. The number of para-hydroxylation sites is 1. The van der Waals surface area contributed by atoms with E-state index in [0.29, 0.717) is 34.4 Å². The maximum absolute atomic E-state index is 13.1. The Morgan fingerprint density at radius 3 is 2.45 bits per heavy atom. The highest BCUT2D eigenvalue weighted by molar-refractivity contribution is 6.06. The van der Waals surface area contributed by atoms with E-state index in [2.05, 4.69) is 15.3 Å². The van der Waals surface area contributed by atoms with Crippen molar-refractivity contribution >= 4 is 28.4 Å². The van der Waals surface area contributed by atoms with Crippen molar-refractivity contribution in [1.82, 2.24) is 9.97 Å². The molecule has 3 aromatic carbocycles. The van der Waals surface area contributed by atoms with Crippen molar-refractivity contribution in [3.05, 3.63) is 101 Å². The number of amides is 1. The molecule has 1 heterocycles. The van der Waals surface area contributed by atoms with Crippen molar-refractivity contribution in [3.8, 4) is 0 Å². The zero-order chi connectivity index (χ0) is 21.8. The molecule has 1 aromatic heterocycles. The molecule has 0 aliphatic rings. The van der Waals surface area contributed by atoms with Crippen LogP contribution in [0.5, 0.6) is 0 Å². The Balaban J connectivity index is 1.50. The lowest BCUT2D eigenvalue weighted by atomic mass is 10.0. The number of anilines is 1. The molecule has 0 spiro atoms. The number of carbonyl (C=O) groups is 2. The molecule has 0 unspecified atom stereocenters. The van der Waals surface area contributed by atoms with Gasteiger partial charge in [0.05, 0.1) is 11.1 Å². The van der Waals surface area contributed by atoms with E-state index in [-0.39, 0.29) is 18.0 Å². The molecule has 3 N–H and O–H groups in total. The number of aromatic nitrogens is 2. The first-order chi connectivity index (χ1) is 15.0. The van der Waals surface area contributed by atoms with Crippen LogP contribution in [0.15, 0.2) is 73.1 Å². The lowest BCUT2D eigenvalue weighted by Crippen LogP contribution is -2.12. The fourth-order valence-corrected chi connectivity index (χ4v) is 3.39. The van der Waals surface area contributed by atoms with Gasteiger partial charge in [0, 0.05) is 23.9 Å². The lowest BCUT2D eigenvalue weighted by molar-refractivity contribution is 0.0988. The van der Waals surface area contributed by atoms with Crippen molar-refractivity contribution < 1.29 is 14.0 Å². The van der Waals surface area contributed by atoms with Gasteiger partial charge in [0.2, 0.25) is 0 Å². The first kappa shape index (κ1) is 20.2. The standard InChI is InChI=1S/C24H19FN4O2/c25-18-9-7-17(8-10-18)21(30)12-15-3-1-4-16(11-15)13-27-24-20-6-2-5-19(23(26)31)22(20)28-14-29-24/h1-11,14H,12-13H2,(H2,26,31)(H,27,28,29). The van der Waals surface area contributed by atoms with E-state index in [1.54, 1.807) is 12.1 Å². The van der Waals surface area contributed by atoms with Gasteiger partial charge in [0.15, 0.2) is 5.78 Å². The van der Waals surface area contributed by atoms with Crippen LogP contribution in [0.3, 0.4) is 0 Å². The zero-order valence-electron chi connectivity index (χ0n) is 16.5. The number of Topliss-reactive ketones (excluding diaryl/α,β-unsaturated/α-hetero) is 1. The molecule has 0 aliphatic carbocycles. The molecule has 0 atom stereocenters. The predicted molar refractivity (Wildman–Crippen MR) is 116 cm³/mol. The van der Waals surface area contributed by atoms with Gasteiger partial charge in [-0.05, 0) is 47.5 Å². The summed E-state index contributed by atoms with van der Waals surface area (Å²) in [6.45, 7) is 0.464. The summed E-state index contributed by atoms with van der Waals surface area (Å²) in [5.41, 5.74) is 8.56. The van der Waals surface area contributed by atoms with Crippen LogP contribution in [-0.2, 0) is 13.0 Å². The molecule has 31 heavy (non-hydrogen) atoms. The second-order valence-electron chi connectivity index (χ2n) is 7.07. The van der Waals surface area contributed by atoms with Crippen molar-refractivity contribution in [1.29, 1.82) is 0 Å². The topological polar surface area (TPSA) is 98.0 Å². The molecule has 154 valence electrons. The second kappa shape index (κ2) is 8.71. The van der Waals surface area contributed by atoms with Gasteiger partial charge in [-0.25, -0.2) is 14.4 Å². The van der Waals surface area contributed by atoms with Gasteiger partial charge in [0.1, 0.15) is 18.0 Å². The number of nitrogens with one attached hydrogen (secondary N) is 1. The smallest absolute Gasteiger partial charge is 0.250 e. The first-order valence-corrected chi connectivity index (χ1v) is 9.65. The number of benzene rings is 3. The Morgan fingerprint density at radius 1 is 0.935 bits per heavy atom. The number of ketones is 1. The number of hydrogen-bond donors (Lipinski definition) is 2. The average molecular weight is 414 g/mol. The summed E-state index contributed by atoms with van der Waals surface area (Å²) in [5.74, 6) is -0.412. The second-order valence-corrected chi connectivity index (χ2v) is 7.07. The molecule has 4 aromatic rings. The number of halogens is 1. The summed E-state index contributed by atoms with van der Waals surface area (Å²) in [5, 5.41) is 3.95. The van der Waals surface area contributed by atoms with E-state index < -0.39 is 5.91 Å². The third kappa shape index (κ3) is 4.56. The lowest BCUT2D eigenvalue weighted by Gasteiger charge is -2.10. The number of rotatable bonds is 7. The molecular formula is C24H19FN4O2. The maximum Gasteiger partial charge on any atom is 0.250 e. The van der Waals surface area contributed by atoms with E-state index in [1.807, 2.05) is 30.3 Å². The van der Waals surface area contributed by atoms with Crippen LogP contribution >= 0.6 is 0 Å². The number of nitrogens with two attached hydrogens (primary N) is 1. The Hall–Kier alpha value is -4.13. The Kier molecular flexibility index (Phi) is 5.66. The Morgan fingerprint density at radius 2 is 1.68 bits per heavy atom. The third-order valence-electron chi connectivity index (χ3n) is 4.91. The number of fused-ring (bicyclic) bond motifs is 1. The SMILES string of the molecule is NC(=O)c1cccc2c(NCc3cccc(CC(=O)c4ccc(F)cc4)c3)ncnc12. The molecule has 0 radical (unpaired) electrons. The number of carbonyl (C=O) groups excluding carboxylic acids is 2. The molecule has 0 saturated heterocycles. The number of primary amides is 1. The maximum atomic E-state index is 13.1. The van der Waals surface area contributed by atoms with Gasteiger partial charge in [-0.3, -0.25) is 9.59 Å². The highest BCUT2D eigenvalue weighted by Gasteiger charge is 2.11. The van der Waals surface area contributed by atoms with Crippen LogP contribution in [0.2, 0.25) is 0 Å². The van der Waals surface area contributed by atoms with E-state index >= 15 is 0 Å². The van der Waals surface area contributed by atoms with Crippen molar-refractivity contribution in [2.24, 2.45) is 5.73 Å². The largest absolute Gasteiger partial charge is 0.366 e. The van der Waals surface area contributed by atoms with Crippen molar-refractivity contribution in [2.45, 2.75) is 13.0 Å². The van der Waals surface area contributed by atoms with Gasteiger partial charge in [0.25, 0.3) is 5.91 Å². The predicted octanol–water partition coefficient (Wildman–Crippen LogP) is 3.91. The highest BCUT2D eigenvalue weighted by atomic mass is 19.1. The molecule has 6 nitrogen and oxygen atoms in total. The van der Waals surface area contributed by atoms with Crippen molar-refractivity contribution in [2.75, 3.05) is 5.32 Å². The van der Waals surface area contributed by atoms with Gasteiger partial charge < -0.3 is 11.1 Å². The molecule has 7 heteroatoms. The highest BCUT2D eigenvalue weighted by Crippen LogP contribution is 2.22. The summed E-state index contributed by atoms with van der Waals surface area (Å²) in [6.07, 6.45) is 1.60. The summed E-state index contributed by atoms with van der Waals surface area (Å²) in [6, 6.07) is 18.4. The summed E-state index contributed by atoms with van der Waals surface area (Å²) in [7, 11) is 0.